The van der Waals surface area contributed by atoms with Gasteiger partial charge in [-0.3, -0.25) is 14.4 Å². The lowest BCUT2D eigenvalue weighted by Gasteiger charge is -2.59. The number of ketones is 2. The van der Waals surface area contributed by atoms with Crippen LogP contribution in [0, 0.1) is 34.4 Å². The Morgan fingerprint density at radius 1 is 1.20 bits per heavy atom. The molecule has 3 saturated carbocycles. The molecule has 0 bridgehead atoms. The second-order valence-corrected chi connectivity index (χ2v) is 13.2. The molecule has 6 rings (SSSR count). The van der Waals surface area contributed by atoms with Crippen LogP contribution in [0.25, 0.3) is 0 Å². The van der Waals surface area contributed by atoms with Crippen LogP contribution in [0.1, 0.15) is 57.7 Å². The molecule has 1 aromatic heterocycles. The van der Waals surface area contributed by atoms with E-state index in [9.17, 15) is 23.9 Å². The van der Waals surface area contributed by atoms with Gasteiger partial charge in [0.2, 0.25) is 5.91 Å². The maximum atomic E-state index is 17.3. The number of nitrogens with zero attached hydrogens (tertiary/aromatic N) is 1. The number of benzene rings is 1. The number of allylic oxidation sites excluding steroid dienone is 4. The number of hydrogen-bond donors (Lipinski definition) is 2. The maximum absolute atomic E-state index is 17.3. The second kappa shape index (κ2) is 8.98. The van der Waals surface area contributed by atoms with Gasteiger partial charge in [-0.15, -0.1) is 11.3 Å². The van der Waals surface area contributed by atoms with E-state index in [1.54, 1.807) is 30.5 Å². The summed E-state index contributed by atoms with van der Waals surface area (Å²) in [5.74, 6) is -2.63. The highest BCUT2D eigenvalue weighted by atomic mass is 32.1. The van der Waals surface area contributed by atoms with E-state index in [4.69, 9.17) is 0 Å². The summed E-state index contributed by atoms with van der Waals surface area (Å²) in [6.45, 7) is 5.51. The van der Waals surface area contributed by atoms with Crippen molar-refractivity contribution in [2.45, 2.75) is 64.1 Å². The van der Waals surface area contributed by atoms with Gasteiger partial charge in [-0.2, -0.15) is 0 Å². The number of fused-ring (bicyclic) bond motifs is 5. The minimum atomic E-state index is -2.16. The van der Waals surface area contributed by atoms with Crippen molar-refractivity contribution >= 4 is 33.9 Å². The minimum absolute atomic E-state index is 0.0413. The highest BCUT2D eigenvalue weighted by molar-refractivity contribution is 7.14. The zero-order valence-electron chi connectivity index (χ0n) is 22.7. The van der Waals surface area contributed by atoms with Crippen LogP contribution < -0.4 is 5.32 Å². The number of halogens is 2. The first kappa shape index (κ1) is 27.1. The summed E-state index contributed by atoms with van der Waals surface area (Å²) >= 11 is 1.18. The van der Waals surface area contributed by atoms with Gasteiger partial charge < -0.3 is 10.4 Å². The lowest BCUT2D eigenvalue weighted by molar-refractivity contribution is -0.185. The number of Topliss-reactive ketones (excluding diaryl/α,β-unsaturated/α-hetero) is 1. The highest BCUT2D eigenvalue weighted by Gasteiger charge is 2.75. The van der Waals surface area contributed by atoms with E-state index in [1.807, 2.05) is 13.8 Å². The monoisotopic (exact) mass is 566 g/mol. The van der Waals surface area contributed by atoms with E-state index in [0.717, 1.165) is 0 Å². The van der Waals surface area contributed by atoms with Crippen molar-refractivity contribution in [1.82, 2.24) is 4.98 Å². The van der Waals surface area contributed by atoms with Crippen molar-refractivity contribution in [1.29, 1.82) is 0 Å². The first-order chi connectivity index (χ1) is 18.8. The molecule has 0 saturated heterocycles. The largest absolute Gasteiger partial charge is 0.383 e. The number of nitrogens with one attached hydrogen (secondary N) is 1. The predicted octanol–water partition coefficient (Wildman–Crippen LogP) is 5.48. The van der Waals surface area contributed by atoms with E-state index in [-0.39, 0.29) is 42.2 Å². The third-order valence-corrected chi connectivity index (χ3v) is 11.2. The van der Waals surface area contributed by atoms with Crippen molar-refractivity contribution in [3.63, 3.8) is 0 Å². The normalized spacial score (nSPS) is 38.4. The van der Waals surface area contributed by atoms with Gasteiger partial charge in [0.05, 0.1) is 12.1 Å². The maximum Gasteiger partial charge on any atom is 0.230 e. The van der Waals surface area contributed by atoms with Crippen molar-refractivity contribution in [3.05, 3.63) is 70.5 Å². The number of hydrogen-bond acceptors (Lipinski definition) is 6. The van der Waals surface area contributed by atoms with E-state index >= 15 is 4.39 Å². The number of carbonyl (C=O) groups is 3. The van der Waals surface area contributed by atoms with Crippen molar-refractivity contribution < 1.29 is 28.3 Å². The molecule has 7 atom stereocenters. The molecule has 0 aliphatic heterocycles. The number of carbonyl (C=O) groups excluding carboxylic acids is 3. The molecule has 6 nitrogen and oxygen atoms in total. The van der Waals surface area contributed by atoms with Crippen molar-refractivity contribution in [3.8, 4) is 0 Å². The summed E-state index contributed by atoms with van der Waals surface area (Å²) in [6, 6.07) is 5.68. The van der Waals surface area contributed by atoms with E-state index < -0.39 is 33.8 Å². The molecule has 2 aromatic rings. The summed E-state index contributed by atoms with van der Waals surface area (Å²) in [7, 11) is 0. The van der Waals surface area contributed by atoms with Gasteiger partial charge in [-0.1, -0.05) is 37.6 Å². The van der Waals surface area contributed by atoms with Gasteiger partial charge in [-0.05, 0) is 67.9 Å². The second-order valence-electron chi connectivity index (χ2n) is 12.4. The van der Waals surface area contributed by atoms with Gasteiger partial charge in [0.15, 0.2) is 22.4 Å². The van der Waals surface area contributed by atoms with Gasteiger partial charge in [0.25, 0.3) is 0 Å². The van der Waals surface area contributed by atoms with Crippen LogP contribution in [0.5, 0.6) is 0 Å². The smallest absolute Gasteiger partial charge is 0.230 e. The number of anilines is 1. The average molecular weight is 567 g/mol. The number of alkyl halides is 1. The zero-order chi connectivity index (χ0) is 28.7. The van der Waals surface area contributed by atoms with Crippen LogP contribution in [-0.4, -0.2) is 33.2 Å². The quantitative estimate of drug-likeness (QED) is 0.511. The Hall–Kier alpha value is -3.04. The Balaban J connectivity index is 1.29. The molecule has 4 aliphatic rings. The molecule has 0 spiro atoms. The lowest BCUT2D eigenvalue weighted by Crippen LogP contribution is -2.66. The first-order valence-corrected chi connectivity index (χ1v) is 14.6. The summed E-state index contributed by atoms with van der Waals surface area (Å²) < 4.78 is 30.5. The van der Waals surface area contributed by atoms with Crippen molar-refractivity contribution in [2.24, 2.45) is 28.6 Å². The van der Waals surface area contributed by atoms with Crippen LogP contribution in [0.3, 0.4) is 0 Å². The van der Waals surface area contributed by atoms with E-state index in [0.29, 0.717) is 41.2 Å². The SMILES string of the molecule is C[C@@H]1C[C@H]2[C@@H]3CCC4=CC(=O)C=C[C@]4(C)[C@@]3(F)C(=O)C[C@]2(C)[C@@]1(O)c1csc(NC(=O)Cc2ccc(F)cc2)n1. The third-order valence-electron chi connectivity index (χ3n) is 10.4. The lowest BCUT2D eigenvalue weighted by atomic mass is 9.45. The molecule has 2 N–H and O–H groups in total. The molecule has 9 heteroatoms. The standard InChI is InChI=1S/C31H32F2N2O4S/c1-17-12-23-22-9-6-19-14-21(36)10-11-28(19,2)30(22,33)25(37)15-29(23,3)31(17,39)24-16-40-27(34-24)35-26(38)13-18-4-7-20(32)8-5-18/h4-5,7-8,10-11,14,16-17,22-23,39H,6,9,12-13,15H2,1-3H3,(H,34,35,38)/t17-,22+,23+,28+,29+,30+,31+/m1/s1. The van der Waals surface area contributed by atoms with Crippen LogP contribution in [-0.2, 0) is 26.4 Å². The third kappa shape index (κ3) is 3.59. The Morgan fingerprint density at radius 3 is 2.65 bits per heavy atom. The number of aliphatic hydroxyl groups is 1. The summed E-state index contributed by atoms with van der Waals surface area (Å²) in [5.41, 5.74) is -4.12. The van der Waals surface area contributed by atoms with Crippen molar-refractivity contribution in [2.75, 3.05) is 5.32 Å². The Kier molecular flexibility index (Phi) is 6.09. The Bertz CT molecular complexity index is 1480. The molecule has 1 amide bonds. The molecule has 0 unspecified atom stereocenters. The Morgan fingerprint density at radius 2 is 1.93 bits per heavy atom. The fraction of sp³-hybridized carbons (Fsp3) is 0.484. The topological polar surface area (TPSA) is 96.4 Å². The Labute approximate surface area is 235 Å². The molecule has 3 fully saturated rings. The molecule has 0 radical (unpaired) electrons. The van der Waals surface area contributed by atoms with Gasteiger partial charge in [0.1, 0.15) is 11.4 Å². The number of rotatable bonds is 4. The van der Waals surface area contributed by atoms with Crippen LogP contribution in [0.15, 0.2) is 53.4 Å². The molecule has 4 aliphatic carbocycles. The minimum Gasteiger partial charge on any atom is -0.383 e. The summed E-state index contributed by atoms with van der Waals surface area (Å²) in [5, 5.41) is 17.1. The van der Waals surface area contributed by atoms with Crippen LogP contribution >= 0.6 is 11.3 Å². The predicted molar refractivity (Wildman–Crippen MR) is 147 cm³/mol. The van der Waals surface area contributed by atoms with Gasteiger partial charge in [0, 0.05) is 28.5 Å². The van der Waals surface area contributed by atoms with Gasteiger partial charge in [-0.25, -0.2) is 13.8 Å². The van der Waals surface area contributed by atoms with E-state index in [1.165, 1.54) is 35.6 Å². The molecule has 40 heavy (non-hydrogen) atoms. The van der Waals surface area contributed by atoms with Crippen LogP contribution in [0.4, 0.5) is 13.9 Å². The molecular formula is C31H32F2N2O4S. The molecular weight excluding hydrogens is 534 g/mol. The highest BCUT2D eigenvalue weighted by Crippen LogP contribution is 2.71. The van der Waals surface area contributed by atoms with E-state index in [2.05, 4.69) is 10.3 Å². The summed E-state index contributed by atoms with van der Waals surface area (Å²) in [6.07, 6.45) is 5.78. The zero-order valence-corrected chi connectivity index (χ0v) is 23.5. The number of amides is 1. The molecule has 1 heterocycles. The van der Waals surface area contributed by atoms with Gasteiger partial charge >= 0.3 is 0 Å². The molecule has 1 aromatic carbocycles. The number of thiazole rings is 1. The fourth-order valence-electron chi connectivity index (χ4n) is 8.28. The first-order valence-electron chi connectivity index (χ1n) is 13.7. The summed E-state index contributed by atoms with van der Waals surface area (Å²) in [4.78, 5) is 43.1. The molecule has 210 valence electrons. The number of aromatic nitrogens is 1. The van der Waals surface area contributed by atoms with Crippen LogP contribution in [0.2, 0.25) is 0 Å². The average Bonchev–Trinajstić information content (AvgIpc) is 3.44. The fourth-order valence-corrected chi connectivity index (χ4v) is 9.06.